The van der Waals surface area contributed by atoms with Crippen LogP contribution < -0.4 is 9.47 Å². The number of halogens is 1. The van der Waals surface area contributed by atoms with Gasteiger partial charge in [-0.2, -0.15) is 0 Å². The molecule has 0 atom stereocenters. The van der Waals surface area contributed by atoms with Crippen molar-refractivity contribution in [3.05, 3.63) is 57.6 Å². The first-order valence-electron chi connectivity index (χ1n) is 7.12. The van der Waals surface area contributed by atoms with Crippen LogP contribution in [0.25, 0.3) is 0 Å². The van der Waals surface area contributed by atoms with Crippen LogP contribution in [-0.4, -0.2) is 12.1 Å². The van der Waals surface area contributed by atoms with E-state index < -0.39 is 0 Å². The first-order valence-corrected chi connectivity index (χ1v) is 7.91. The van der Waals surface area contributed by atoms with Crippen LogP contribution in [0.2, 0.25) is 0 Å². The first-order chi connectivity index (χ1) is 10.4. The molecule has 0 amide bonds. The van der Waals surface area contributed by atoms with E-state index in [9.17, 15) is 4.79 Å². The number of hydrogen-bond donors (Lipinski definition) is 0. The fourth-order valence-corrected chi connectivity index (χ4v) is 2.84. The zero-order valence-electron chi connectivity index (χ0n) is 13.1. The van der Waals surface area contributed by atoms with Crippen molar-refractivity contribution in [1.82, 2.24) is 0 Å². The monoisotopic (exact) mass is 362 g/mol. The van der Waals surface area contributed by atoms with Gasteiger partial charge in [0.2, 0.25) is 0 Å². The van der Waals surface area contributed by atoms with E-state index >= 15 is 0 Å². The summed E-state index contributed by atoms with van der Waals surface area (Å²) in [7, 11) is 0. The molecule has 2 aromatic carbocycles. The minimum atomic E-state index is -0.371. The molecule has 0 aliphatic heterocycles. The van der Waals surface area contributed by atoms with Gasteiger partial charge in [-0.3, -0.25) is 0 Å². The van der Waals surface area contributed by atoms with E-state index in [4.69, 9.17) is 9.47 Å². The van der Waals surface area contributed by atoms with Crippen molar-refractivity contribution in [2.45, 2.75) is 33.8 Å². The highest BCUT2D eigenvalue weighted by atomic mass is 79.9. The molecule has 0 bridgehead atoms. The Balaban J connectivity index is 2.16. The van der Waals surface area contributed by atoms with E-state index in [1.54, 1.807) is 24.3 Å². The maximum Gasteiger partial charge on any atom is 0.343 e. The van der Waals surface area contributed by atoms with Gasteiger partial charge in [0.15, 0.2) is 0 Å². The molecule has 22 heavy (non-hydrogen) atoms. The molecule has 4 heteroatoms. The molecule has 3 nitrogen and oxygen atoms in total. The van der Waals surface area contributed by atoms with E-state index in [0.29, 0.717) is 11.3 Å². The third-order valence-corrected chi connectivity index (χ3v) is 3.54. The molecule has 0 saturated heterocycles. The number of carbonyl (C=O) groups excluding carboxylic acids is 1. The summed E-state index contributed by atoms with van der Waals surface area (Å²) >= 11 is 3.43. The summed E-state index contributed by atoms with van der Waals surface area (Å²) in [5.41, 5.74) is 2.33. The fourth-order valence-electron chi connectivity index (χ4n) is 2.15. The standard InChI is InChI=1S/C18H19BrO3/c1-11(2)21-16-7-5-14(6-8-16)18(20)22-17-12(3)9-15(19)10-13(17)4/h5-11H,1-4H3. The van der Waals surface area contributed by atoms with Gasteiger partial charge < -0.3 is 9.47 Å². The molecule has 0 N–H and O–H groups in total. The summed E-state index contributed by atoms with van der Waals surface area (Å²) in [4.78, 5) is 12.3. The van der Waals surface area contributed by atoms with Crippen LogP contribution in [-0.2, 0) is 0 Å². The highest BCUT2D eigenvalue weighted by Crippen LogP contribution is 2.28. The highest BCUT2D eigenvalue weighted by molar-refractivity contribution is 9.10. The van der Waals surface area contributed by atoms with Gasteiger partial charge in [0.1, 0.15) is 11.5 Å². The summed E-state index contributed by atoms with van der Waals surface area (Å²) < 4.78 is 12.1. The van der Waals surface area contributed by atoms with Crippen LogP contribution in [0.3, 0.4) is 0 Å². The Morgan fingerprint density at radius 3 is 2.09 bits per heavy atom. The minimum absolute atomic E-state index is 0.103. The smallest absolute Gasteiger partial charge is 0.343 e. The van der Waals surface area contributed by atoms with Crippen LogP contribution in [0.4, 0.5) is 0 Å². The van der Waals surface area contributed by atoms with Crippen molar-refractivity contribution in [3.8, 4) is 11.5 Å². The van der Waals surface area contributed by atoms with Crippen LogP contribution in [0.5, 0.6) is 11.5 Å². The maximum absolute atomic E-state index is 12.3. The lowest BCUT2D eigenvalue weighted by Gasteiger charge is -2.12. The van der Waals surface area contributed by atoms with E-state index in [1.807, 2.05) is 39.8 Å². The van der Waals surface area contributed by atoms with Crippen molar-refractivity contribution in [2.75, 3.05) is 0 Å². The number of hydrogen-bond acceptors (Lipinski definition) is 3. The average Bonchev–Trinajstić information content (AvgIpc) is 2.42. The second-order valence-corrected chi connectivity index (χ2v) is 6.36. The van der Waals surface area contributed by atoms with Gasteiger partial charge in [-0.05, 0) is 75.2 Å². The van der Waals surface area contributed by atoms with Crippen molar-refractivity contribution >= 4 is 21.9 Å². The summed E-state index contributed by atoms with van der Waals surface area (Å²) in [6, 6.07) is 10.8. The molecule has 0 aliphatic rings. The predicted molar refractivity (Wildman–Crippen MR) is 90.8 cm³/mol. The summed E-state index contributed by atoms with van der Waals surface area (Å²) in [5, 5.41) is 0. The van der Waals surface area contributed by atoms with Crippen LogP contribution in [0.1, 0.15) is 35.3 Å². The lowest BCUT2D eigenvalue weighted by molar-refractivity contribution is 0.0732. The summed E-state index contributed by atoms with van der Waals surface area (Å²) in [6.07, 6.45) is 0.103. The molecule has 0 heterocycles. The first kappa shape index (κ1) is 16.6. The van der Waals surface area contributed by atoms with E-state index in [2.05, 4.69) is 15.9 Å². The molecule has 0 spiro atoms. The normalized spacial score (nSPS) is 10.6. The summed E-state index contributed by atoms with van der Waals surface area (Å²) in [6.45, 7) is 7.75. The predicted octanol–water partition coefficient (Wildman–Crippen LogP) is 5.07. The second kappa shape index (κ2) is 6.97. The van der Waals surface area contributed by atoms with Gasteiger partial charge in [-0.25, -0.2) is 4.79 Å². The minimum Gasteiger partial charge on any atom is -0.491 e. The van der Waals surface area contributed by atoms with Gasteiger partial charge in [-0.15, -0.1) is 0 Å². The topological polar surface area (TPSA) is 35.5 Å². The van der Waals surface area contributed by atoms with Gasteiger partial charge in [0.25, 0.3) is 0 Å². The molecule has 0 fully saturated rings. The third-order valence-electron chi connectivity index (χ3n) is 3.08. The fraction of sp³-hybridized carbons (Fsp3) is 0.278. The number of rotatable bonds is 4. The Morgan fingerprint density at radius 1 is 1.05 bits per heavy atom. The second-order valence-electron chi connectivity index (χ2n) is 5.45. The Kier molecular flexibility index (Phi) is 5.24. The molecule has 0 aliphatic carbocycles. The van der Waals surface area contributed by atoms with E-state index in [0.717, 1.165) is 21.3 Å². The van der Waals surface area contributed by atoms with Gasteiger partial charge >= 0.3 is 5.97 Å². The maximum atomic E-state index is 12.3. The molecule has 0 radical (unpaired) electrons. The zero-order chi connectivity index (χ0) is 16.3. The Labute approximate surface area is 139 Å². The number of carbonyl (C=O) groups is 1. The molecular formula is C18H19BrO3. The third kappa shape index (κ3) is 4.10. The molecule has 116 valence electrons. The number of aryl methyl sites for hydroxylation is 2. The Bertz CT molecular complexity index is 652. The SMILES string of the molecule is Cc1cc(Br)cc(C)c1OC(=O)c1ccc(OC(C)C)cc1. The van der Waals surface area contributed by atoms with E-state index in [1.165, 1.54) is 0 Å². The molecular weight excluding hydrogens is 344 g/mol. The largest absolute Gasteiger partial charge is 0.491 e. The molecule has 2 aromatic rings. The van der Waals surface area contributed by atoms with Crippen molar-refractivity contribution in [1.29, 1.82) is 0 Å². The van der Waals surface area contributed by atoms with Crippen molar-refractivity contribution in [2.24, 2.45) is 0 Å². The summed E-state index contributed by atoms with van der Waals surface area (Å²) in [5.74, 6) is 0.975. The van der Waals surface area contributed by atoms with Gasteiger partial charge in [-0.1, -0.05) is 15.9 Å². The quantitative estimate of drug-likeness (QED) is 0.562. The number of benzene rings is 2. The highest BCUT2D eigenvalue weighted by Gasteiger charge is 2.13. The molecule has 2 rings (SSSR count). The zero-order valence-corrected chi connectivity index (χ0v) is 14.7. The van der Waals surface area contributed by atoms with Gasteiger partial charge in [0.05, 0.1) is 11.7 Å². The van der Waals surface area contributed by atoms with Gasteiger partial charge in [0, 0.05) is 4.47 Å². The van der Waals surface area contributed by atoms with E-state index in [-0.39, 0.29) is 12.1 Å². The van der Waals surface area contributed by atoms with Crippen molar-refractivity contribution < 1.29 is 14.3 Å². The van der Waals surface area contributed by atoms with Crippen LogP contribution >= 0.6 is 15.9 Å². The molecule has 0 unspecified atom stereocenters. The lowest BCUT2D eigenvalue weighted by Crippen LogP contribution is -2.11. The van der Waals surface area contributed by atoms with Crippen LogP contribution in [0, 0.1) is 13.8 Å². The Morgan fingerprint density at radius 2 is 1.59 bits per heavy atom. The Hall–Kier alpha value is -1.81. The van der Waals surface area contributed by atoms with Crippen LogP contribution in [0.15, 0.2) is 40.9 Å². The number of esters is 1. The average molecular weight is 363 g/mol. The molecule has 0 saturated carbocycles. The lowest BCUT2D eigenvalue weighted by atomic mass is 10.1. The molecule has 0 aromatic heterocycles. The number of ether oxygens (including phenoxy) is 2. The van der Waals surface area contributed by atoms with Crippen molar-refractivity contribution in [3.63, 3.8) is 0 Å².